The molecular weight excluding hydrogens is 268 g/mol. The molecule has 0 bridgehead atoms. The van der Waals surface area contributed by atoms with Crippen molar-refractivity contribution in [3.63, 3.8) is 0 Å². The van der Waals surface area contributed by atoms with Crippen LogP contribution in [0.25, 0.3) is 16.7 Å². The third-order valence-corrected chi connectivity index (χ3v) is 3.85. The Bertz CT molecular complexity index is 792. The summed E-state index contributed by atoms with van der Waals surface area (Å²) in [5.41, 5.74) is 5.09. The monoisotopic (exact) mass is 292 g/mol. The van der Waals surface area contributed by atoms with E-state index in [-0.39, 0.29) is 0 Å². The molecule has 0 amide bonds. The minimum absolute atomic E-state index is 0.900. The maximum atomic E-state index is 5.35. The molecule has 0 unspecified atom stereocenters. The Hall–Kier alpha value is -2.28. The predicted octanol–water partition coefficient (Wildman–Crippen LogP) is 4.16. The predicted molar refractivity (Wildman–Crippen MR) is 96.2 cm³/mol. The van der Waals surface area contributed by atoms with Crippen LogP contribution in [0.1, 0.15) is 33.3 Å². The lowest BCUT2D eigenvalue weighted by molar-refractivity contribution is 0.414. The lowest BCUT2D eigenvalue weighted by atomic mass is 10.0. The molecule has 0 radical (unpaired) electrons. The van der Waals surface area contributed by atoms with Gasteiger partial charge in [0.1, 0.15) is 5.75 Å². The van der Waals surface area contributed by atoms with Crippen LogP contribution in [0.15, 0.2) is 54.6 Å². The molecule has 0 spiro atoms. The summed E-state index contributed by atoms with van der Waals surface area (Å²) in [6, 6.07) is 16.8. The fourth-order valence-corrected chi connectivity index (χ4v) is 2.59. The Kier molecular flexibility index (Phi) is 5.21. The van der Waals surface area contributed by atoms with Gasteiger partial charge in [0.05, 0.1) is 7.11 Å². The maximum absolute atomic E-state index is 5.35. The normalized spacial score (nSPS) is 12.9. The average molecular weight is 292 g/mol. The van der Waals surface area contributed by atoms with Gasteiger partial charge in [-0.15, -0.1) is 0 Å². The van der Waals surface area contributed by atoms with Crippen molar-refractivity contribution in [1.82, 2.24) is 0 Å². The summed E-state index contributed by atoms with van der Waals surface area (Å²) in [4.78, 5) is 0. The lowest BCUT2D eigenvalue weighted by Crippen LogP contribution is -2.27. The van der Waals surface area contributed by atoms with Crippen LogP contribution >= 0.6 is 0 Å². The third-order valence-electron chi connectivity index (χ3n) is 3.85. The van der Waals surface area contributed by atoms with Crippen molar-refractivity contribution in [1.29, 1.82) is 0 Å². The highest BCUT2D eigenvalue weighted by Crippen LogP contribution is 2.15. The van der Waals surface area contributed by atoms with E-state index >= 15 is 0 Å². The minimum atomic E-state index is 0.900. The maximum Gasteiger partial charge on any atom is 0.119 e. The van der Waals surface area contributed by atoms with Gasteiger partial charge < -0.3 is 4.74 Å². The van der Waals surface area contributed by atoms with Gasteiger partial charge in [-0.2, -0.15) is 0 Å². The lowest BCUT2D eigenvalue weighted by Gasteiger charge is -2.05. The van der Waals surface area contributed by atoms with Crippen molar-refractivity contribution in [2.24, 2.45) is 0 Å². The average Bonchev–Trinajstić information content (AvgIpc) is 2.54. The van der Waals surface area contributed by atoms with Crippen molar-refractivity contribution >= 4 is 16.7 Å². The highest BCUT2D eigenvalue weighted by molar-refractivity contribution is 5.74. The molecule has 0 aliphatic heterocycles. The number of methoxy groups -OCH3 is 1. The zero-order valence-electron chi connectivity index (χ0n) is 14.1. The summed E-state index contributed by atoms with van der Waals surface area (Å²) in [6.07, 6.45) is 2.25. The van der Waals surface area contributed by atoms with Crippen LogP contribution in [0.2, 0.25) is 0 Å². The van der Waals surface area contributed by atoms with E-state index in [9.17, 15) is 0 Å². The number of allylic oxidation sites excluding steroid dienone is 2. The first-order chi connectivity index (χ1) is 10.5. The Labute approximate surface area is 133 Å². The first-order valence-corrected chi connectivity index (χ1v) is 7.59. The summed E-state index contributed by atoms with van der Waals surface area (Å²) in [5, 5.41) is 2.50. The van der Waals surface area contributed by atoms with E-state index in [2.05, 4.69) is 70.2 Å². The molecule has 1 heteroatoms. The number of hydrogen-bond donors (Lipinski definition) is 0. The molecule has 0 atom stereocenters. The fraction of sp³-hybridized carbons (Fsp3) is 0.238. The van der Waals surface area contributed by atoms with Crippen molar-refractivity contribution in [3.05, 3.63) is 70.6 Å². The van der Waals surface area contributed by atoms with Crippen LogP contribution in [0.5, 0.6) is 5.75 Å². The van der Waals surface area contributed by atoms with Gasteiger partial charge in [-0.1, -0.05) is 48.0 Å². The molecule has 0 saturated carbocycles. The number of benzene rings is 2. The SMILES string of the molecule is COc1cc/c(=C(C)/C=C(\C)c2ccccc2)c(=C(C)C)c1. The first-order valence-electron chi connectivity index (χ1n) is 7.59. The summed E-state index contributed by atoms with van der Waals surface area (Å²) in [5.74, 6) is 0.900. The molecule has 2 rings (SSSR count). The summed E-state index contributed by atoms with van der Waals surface area (Å²) in [6.45, 7) is 8.60. The molecule has 1 nitrogen and oxygen atoms in total. The zero-order chi connectivity index (χ0) is 16.1. The standard InChI is InChI=1S/C21H24O/c1-15(2)21-14-19(22-5)11-12-20(21)17(4)13-16(3)18-9-7-6-8-10-18/h6-14H,1-5H3/b16-13+,20-17-. The van der Waals surface area contributed by atoms with E-state index < -0.39 is 0 Å². The van der Waals surface area contributed by atoms with Crippen molar-refractivity contribution in [3.8, 4) is 5.75 Å². The minimum Gasteiger partial charge on any atom is -0.497 e. The Balaban J connectivity index is 2.63. The van der Waals surface area contributed by atoms with E-state index in [4.69, 9.17) is 4.74 Å². The number of hydrogen-bond acceptors (Lipinski definition) is 1. The molecule has 0 aromatic heterocycles. The van der Waals surface area contributed by atoms with Crippen molar-refractivity contribution in [2.45, 2.75) is 27.7 Å². The van der Waals surface area contributed by atoms with Crippen LogP contribution in [0.3, 0.4) is 0 Å². The highest BCUT2D eigenvalue weighted by atomic mass is 16.5. The van der Waals surface area contributed by atoms with Gasteiger partial charge in [-0.05, 0) is 67.0 Å². The highest BCUT2D eigenvalue weighted by Gasteiger charge is 1.99. The van der Waals surface area contributed by atoms with E-state index in [1.165, 1.54) is 32.7 Å². The Morgan fingerprint density at radius 2 is 1.55 bits per heavy atom. The molecule has 2 aromatic rings. The van der Waals surface area contributed by atoms with E-state index in [1.54, 1.807) is 7.11 Å². The molecule has 0 aliphatic rings. The second kappa shape index (κ2) is 7.13. The summed E-state index contributed by atoms with van der Waals surface area (Å²) >= 11 is 0. The fourth-order valence-electron chi connectivity index (χ4n) is 2.59. The van der Waals surface area contributed by atoms with E-state index in [0.717, 1.165) is 5.75 Å². The topological polar surface area (TPSA) is 9.23 Å². The van der Waals surface area contributed by atoms with Crippen molar-refractivity contribution in [2.75, 3.05) is 7.11 Å². The first kappa shape index (κ1) is 16.1. The molecular formula is C21H24O. The third kappa shape index (κ3) is 3.67. The molecule has 0 heterocycles. The molecule has 114 valence electrons. The summed E-state index contributed by atoms with van der Waals surface area (Å²) < 4.78 is 5.35. The van der Waals surface area contributed by atoms with Crippen LogP contribution < -0.4 is 15.2 Å². The number of ether oxygens (including phenoxy) is 1. The molecule has 22 heavy (non-hydrogen) atoms. The second-order valence-corrected chi connectivity index (χ2v) is 5.79. The van der Waals surface area contributed by atoms with Gasteiger partial charge in [0.25, 0.3) is 0 Å². The van der Waals surface area contributed by atoms with E-state index in [1.807, 2.05) is 12.1 Å². The quantitative estimate of drug-likeness (QED) is 0.825. The largest absolute Gasteiger partial charge is 0.497 e. The summed E-state index contributed by atoms with van der Waals surface area (Å²) in [7, 11) is 1.71. The second-order valence-electron chi connectivity index (χ2n) is 5.79. The molecule has 0 N–H and O–H groups in total. The van der Waals surface area contributed by atoms with Gasteiger partial charge in [0.2, 0.25) is 0 Å². The van der Waals surface area contributed by atoms with Gasteiger partial charge in [0, 0.05) is 0 Å². The Morgan fingerprint density at radius 3 is 2.14 bits per heavy atom. The van der Waals surface area contributed by atoms with Gasteiger partial charge in [-0.25, -0.2) is 0 Å². The molecule has 0 fully saturated rings. The van der Waals surface area contributed by atoms with Crippen molar-refractivity contribution < 1.29 is 4.74 Å². The van der Waals surface area contributed by atoms with Crippen LogP contribution in [-0.4, -0.2) is 7.11 Å². The molecule has 0 aliphatic carbocycles. The zero-order valence-corrected chi connectivity index (χ0v) is 14.1. The van der Waals surface area contributed by atoms with Crippen LogP contribution in [0.4, 0.5) is 0 Å². The Morgan fingerprint density at radius 1 is 0.864 bits per heavy atom. The smallest absolute Gasteiger partial charge is 0.119 e. The van der Waals surface area contributed by atoms with E-state index in [0.29, 0.717) is 0 Å². The van der Waals surface area contributed by atoms with Gasteiger partial charge in [-0.3, -0.25) is 0 Å². The van der Waals surface area contributed by atoms with Gasteiger partial charge in [0.15, 0.2) is 0 Å². The number of rotatable bonds is 3. The van der Waals surface area contributed by atoms with Crippen LogP contribution in [-0.2, 0) is 0 Å². The van der Waals surface area contributed by atoms with Crippen LogP contribution in [0, 0.1) is 0 Å². The molecule has 2 aromatic carbocycles. The molecule has 0 saturated heterocycles. The van der Waals surface area contributed by atoms with Gasteiger partial charge >= 0.3 is 0 Å².